The molecule has 4 heteroatoms. The number of rotatable bonds is 2. The van der Waals surface area contributed by atoms with Crippen molar-refractivity contribution in [2.45, 2.75) is 6.92 Å². The number of aromatic hydroxyl groups is 2. The zero-order chi connectivity index (χ0) is 17.5. The molecule has 3 aromatic carbocycles. The Morgan fingerprint density at radius 3 is 2.04 bits per heavy atom. The second kappa shape index (κ2) is 7.83. The molecule has 0 saturated carbocycles. The summed E-state index contributed by atoms with van der Waals surface area (Å²) in [5, 5.41) is 18.7. The lowest BCUT2D eigenvalue weighted by molar-refractivity contribution is 0.103. The largest absolute Gasteiger partial charge is 0.508 e. The highest BCUT2D eigenvalue weighted by molar-refractivity contribution is 6.10. The number of aryl methyl sites for hydroxylation is 1. The Morgan fingerprint density at radius 2 is 1.50 bits per heavy atom. The van der Waals surface area contributed by atoms with Crippen LogP contribution in [0.15, 0.2) is 72.8 Å². The average molecular weight is 321 g/mol. The van der Waals surface area contributed by atoms with Crippen LogP contribution in [0.25, 0.3) is 0 Å². The summed E-state index contributed by atoms with van der Waals surface area (Å²) in [5.74, 6) is -0.547. The van der Waals surface area contributed by atoms with Crippen LogP contribution in [0.2, 0.25) is 0 Å². The van der Waals surface area contributed by atoms with E-state index in [0.29, 0.717) is 5.56 Å². The Balaban J connectivity index is 0.000000219. The van der Waals surface area contributed by atoms with Crippen molar-refractivity contribution in [3.8, 4) is 11.5 Å². The number of hydrogen-bond acceptors (Lipinski definition) is 4. The van der Waals surface area contributed by atoms with Gasteiger partial charge in [0.05, 0.1) is 5.56 Å². The average Bonchev–Trinajstić information content (AvgIpc) is 2.58. The molecule has 3 aromatic rings. The predicted molar refractivity (Wildman–Crippen MR) is 95.2 cm³/mol. The van der Waals surface area contributed by atoms with Gasteiger partial charge in [-0.1, -0.05) is 48.5 Å². The maximum absolute atomic E-state index is 11.9. The number of nitrogens with two attached hydrogens (primary N) is 1. The quantitative estimate of drug-likeness (QED) is 0.493. The lowest BCUT2D eigenvalue weighted by Crippen LogP contribution is -2.00. The molecule has 24 heavy (non-hydrogen) atoms. The number of para-hydroxylation sites is 1. The molecule has 0 aliphatic rings. The van der Waals surface area contributed by atoms with Crippen LogP contribution >= 0.6 is 0 Å². The highest BCUT2D eigenvalue weighted by Gasteiger charge is 2.13. The minimum absolute atomic E-state index is 0.0675. The highest BCUT2D eigenvalue weighted by Crippen LogP contribution is 2.24. The van der Waals surface area contributed by atoms with E-state index < -0.39 is 0 Å². The van der Waals surface area contributed by atoms with E-state index in [1.54, 1.807) is 24.3 Å². The van der Waals surface area contributed by atoms with E-state index in [0.717, 1.165) is 17.3 Å². The molecular weight excluding hydrogens is 302 g/mol. The third kappa shape index (κ3) is 4.36. The SMILES string of the molecule is Cc1ccccc1N.O=C(c1ccccc1)c1ccc(O)cc1O. The van der Waals surface area contributed by atoms with E-state index in [9.17, 15) is 9.90 Å². The molecule has 0 aromatic heterocycles. The summed E-state index contributed by atoms with van der Waals surface area (Å²) in [6.45, 7) is 2.00. The Kier molecular flexibility index (Phi) is 5.58. The van der Waals surface area contributed by atoms with Crippen LogP contribution in [-0.4, -0.2) is 16.0 Å². The molecule has 122 valence electrons. The zero-order valence-corrected chi connectivity index (χ0v) is 13.3. The number of anilines is 1. The van der Waals surface area contributed by atoms with Crippen molar-refractivity contribution in [2.75, 3.05) is 5.73 Å². The van der Waals surface area contributed by atoms with Crippen LogP contribution in [0.1, 0.15) is 21.5 Å². The van der Waals surface area contributed by atoms with Crippen LogP contribution < -0.4 is 5.73 Å². The molecule has 0 bridgehead atoms. The minimum atomic E-state index is -0.266. The Morgan fingerprint density at radius 1 is 0.875 bits per heavy atom. The summed E-state index contributed by atoms with van der Waals surface area (Å²) in [4.78, 5) is 11.9. The van der Waals surface area contributed by atoms with Gasteiger partial charge in [0.1, 0.15) is 11.5 Å². The third-order valence-corrected chi connectivity index (χ3v) is 3.45. The van der Waals surface area contributed by atoms with Crippen molar-refractivity contribution >= 4 is 11.5 Å². The minimum Gasteiger partial charge on any atom is -0.508 e. The van der Waals surface area contributed by atoms with Gasteiger partial charge in [0, 0.05) is 17.3 Å². The van der Waals surface area contributed by atoms with E-state index in [2.05, 4.69) is 0 Å². The summed E-state index contributed by atoms with van der Waals surface area (Å²) < 4.78 is 0. The van der Waals surface area contributed by atoms with Crippen molar-refractivity contribution in [3.63, 3.8) is 0 Å². The second-order valence-corrected chi connectivity index (χ2v) is 5.25. The normalized spacial score (nSPS) is 9.71. The van der Waals surface area contributed by atoms with Crippen LogP contribution in [0, 0.1) is 6.92 Å². The number of carbonyl (C=O) groups excluding carboxylic acids is 1. The fourth-order valence-electron chi connectivity index (χ4n) is 2.04. The lowest BCUT2D eigenvalue weighted by atomic mass is 10.0. The zero-order valence-electron chi connectivity index (χ0n) is 13.3. The van der Waals surface area contributed by atoms with Gasteiger partial charge in [0.25, 0.3) is 0 Å². The molecule has 4 nitrogen and oxygen atoms in total. The number of benzene rings is 3. The number of ketones is 1. The van der Waals surface area contributed by atoms with Crippen molar-refractivity contribution in [1.82, 2.24) is 0 Å². The molecule has 0 aliphatic heterocycles. The van der Waals surface area contributed by atoms with Gasteiger partial charge in [-0.25, -0.2) is 0 Å². The summed E-state index contributed by atoms with van der Waals surface area (Å²) in [7, 11) is 0. The Labute approximate surface area is 140 Å². The van der Waals surface area contributed by atoms with Gasteiger partial charge in [0.2, 0.25) is 0 Å². The van der Waals surface area contributed by atoms with Gasteiger partial charge in [-0.05, 0) is 30.7 Å². The van der Waals surface area contributed by atoms with Crippen molar-refractivity contribution in [2.24, 2.45) is 0 Å². The molecule has 0 heterocycles. The molecule has 0 radical (unpaired) electrons. The van der Waals surface area contributed by atoms with E-state index in [1.807, 2.05) is 37.3 Å². The van der Waals surface area contributed by atoms with Crippen LogP contribution in [0.4, 0.5) is 5.69 Å². The first-order valence-electron chi connectivity index (χ1n) is 7.42. The summed E-state index contributed by atoms with van der Waals surface area (Å²) >= 11 is 0. The predicted octanol–water partition coefficient (Wildman–Crippen LogP) is 3.91. The molecule has 0 atom stereocenters. The number of hydrogen-bond donors (Lipinski definition) is 3. The molecule has 0 fully saturated rings. The number of nitrogen functional groups attached to an aromatic ring is 1. The second-order valence-electron chi connectivity index (χ2n) is 5.25. The maximum Gasteiger partial charge on any atom is 0.196 e. The number of carbonyl (C=O) groups is 1. The first-order valence-corrected chi connectivity index (χ1v) is 7.42. The molecule has 0 spiro atoms. The smallest absolute Gasteiger partial charge is 0.196 e. The molecule has 0 unspecified atom stereocenters. The van der Waals surface area contributed by atoms with Gasteiger partial charge >= 0.3 is 0 Å². The standard InChI is InChI=1S/C13H10O3.C7H9N/c14-10-6-7-11(12(15)8-10)13(16)9-4-2-1-3-5-9;1-6-4-2-3-5-7(6)8/h1-8,14-15H;2-5H,8H2,1H3. The lowest BCUT2D eigenvalue weighted by Gasteiger charge is -2.04. The first-order chi connectivity index (χ1) is 11.5. The summed E-state index contributed by atoms with van der Waals surface area (Å²) in [6.07, 6.45) is 0. The fourth-order valence-corrected chi connectivity index (χ4v) is 2.04. The van der Waals surface area contributed by atoms with Gasteiger partial charge < -0.3 is 15.9 Å². The van der Waals surface area contributed by atoms with Gasteiger partial charge in [-0.15, -0.1) is 0 Å². The number of phenolic OH excluding ortho intramolecular Hbond substituents is 2. The topological polar surface area (TPSA) is 83.6 Å². The van der Waals surface area contributed by atoms with E-state index >= 15 is 0 Å². The van der Waals surface area contributed by atoms with E-state index in [4.69, 9.17) is 10.8 Å². The van der Waals surface area contributed by atoms with Gasteiger partial charge in [-0.3, -0.25) is 4.79 Å². The van der Waals surface area contributed by atoms with Gasteiger partial charge in [-0.2, -0.15) is 0 Å². The molecule has 0 amide bonds. The maximum atomic E-state index is 11.9. The molecular formula is C20H19NO3. The first kappa shape index (κ1) is 17.1. The molecule has 4 N–H and O–H groups in total. The third-order valence-electron chi connectivity index (χ3n) is 3.45. The monoisotopic (exact) mass is 321 g/mol. The molecule has 3 rings (SSSR count). The van der Waals surface area contributed by atoms with Crippen molar-refractivity contribution < 1.29 is 15.0 Å². The van der Waals surface area contributed by atoms with Crippen LogP contribution in [0.5, 0.6) is 11.5 Å². The molecule has 0 saturated heterocycles. The highest BCUT2D eigenvalue weighted by atomic mass is 16.3. The van der Waals surface area contributed by atoms with Crippen LogP contribution in [-0.2, 0) is 0 Å². The van der Waals surface area contributed by atoms with Gasteiger partial charge in [0.15, 0.2) is 5.78 Å². The Hall–Kier alpha value is -3.27. The van der Waals surface area contributed by atoms with Crippen LogP contribution in [0.3, 0.4) is 0 Å². The van der Waals surface area contributed by atoms with E-state index in [1.165, 1.54) is 12.1 Å². The summed E-state index contributed by atoms with van der Waals surface area (Å²) in [6, 6.07) is 20.4. The molecule has 0 aliphatic carbocycles. The fraction of sp³-hybridized carbons (Fsp3) is 0.0500. The Bertz CT molecular complexity index is 808. The van der Waals surface area contributed by atoms with Crippen molar-refractivity contribution in [3.05, 3.63) is 89.5 Å². The number of phenols is 2. The van der Waals surface area contributed by atoms with Crippen molar-refractivity contribution in [1.29, 1.82) is 0 Å². The summed E-state index contributed by atoms with van der Waals surface area (Å²) in [5.41, 5.74) is 8.22. The van der Waals surface area contributed by atoms with E-state index in [-0.39, 0.29) is 22.8 Å².